The molecule has 0 aliphatic heterocycles. The van der Waals surface area contributed by atoms with E-state index in [1.165, 1.54) is 0 Å². The van der Waals surface area contributed by atoms with E-state index in [1.54, 1.807) is 14.2 Å². The van der Waals surface area contributed by atoms with Crippen molar-refractivity contribution in [3.05, 3.63) is 0 Å². The van der Waals surface area contributed by atoms with Crippen LogP contribution in [0.4, 0.5) is 0 Å². The largest absolute Gasteiger partial charge is 0.382 e. The first-order valence-electron chi connectivity index (χ1n) is 2.33. The van der Waals surface area contributed by atoms with E-state index in [0.29, 0.717) is 6.61 Å². The summed E-state index contributed by atoms with van der Waals surface area (Å²) in [5, 5.41) is 0. The molecule has 0 aromatic heterocycles. The van der Waals surface area contributed by atoms with Crippen molar-refractivity contribution in [3.63, 3.8) is 0 Å². The van der Waals surface area contributed by atoms with Crippen molar-refractivity contribution in [1.29, 1.82) is 0 Å². The summed E-state index contributed by atoms with van der Waals surface area (Å²) in [6, 6.07) is 0. The maximum absolute atomic E-state index is 4.87. The summed E-state index contributed by atoms with van der Waals surface area (Å²) >= 11 is 0. The third-order valence-corrected chi connectivity index (χ3v) is 0.804. The molecule has 47 valence electrons. The van der Waals surface area contributed by atoms with Crippen LogP contribution < -0.4 is 0 Å². The van der Waals surface area contributed by atoms with Gasteiger partial charge >= 0.3 is 0 Å². The predicted octanol–water partition coefficient (Wildman–Crippen LogP) is 0.668. The minimum absolute atomic E-state index is 0. The maximum atomic E-state index is 4.87. The van der Waals surface area contributed by atoms with Gasteiger partial charge in [0.15, 0.2) is 0 Å². The molecule has 0 saturated heterocycles. The van der Waals surface area contributed by atoms with Crippen molar-refractivity contribution in [1.82, 2.24) is 0 Å². The van der Waals surface area contributed by atoms with E-state index in [0.717, 1.165) is 0 Å². The van der Waals surface area contributed by atoms with Crippen molar-refractivity contribution in [3.8, 4) is 0 Å². The Bertz CT molecular complexity index is 41.4. The minimum Gasteiger partial charge on any atom is -0.382 e. The number of hydrogen-bond acceptors (Lipinski definition) is 2. The average molecular weight is 243 g/mol. The van der Waals surface area contributed by atoms with Crippen molar-refractivity contribution in [2.45, 2.75) is 13.0 Å². The summed E-state index contributed by atoms with van der Waals surface area (Å²) in [4.78, 5) is 0. The molecule has 0 heterocycles. The summed E-state index contributed by atoms with van der Waals surface area (Å²) in [5.41, 5.74) is 0. The molecular weight excluding hydrogens is 231 g/mol. The van der Waals surface area contributed by atoms with E-state index in [9.17, 15) is 0 Å². The molecule has 0 aromatic carbocycles. The Kier molecular flexibility index (Phi) is 12.0. The van der Waals surface area contributed by atoms with Crippen molar-refractivity contribution < 1.29 is 45.1 Å². The predicted molar refractivity (Wildman–Crippen MR) is 28.3 cm³/mol. The first-order valence-corrected chi connectivity index (χ1v) is 2.33. The van der Waals surface area contributed by atoms with Crippen LogP contribution in [0.25, 0.3) is 0 Å². The van der Waals surface area contributed by atoms with Gasteiger partial charge in [0.1, 0.15) is 0 Å². The number of rotatable bonds is 3. The summed E-state index contributed by atoms with van der Waals surface area (Å²) in [7, 11) is 3.33. The van der Waals surface area contributed by atoms with E-state index in [-0.39, 0.29) is 41.7 Å². The monoisotopic (exact) mass is 243 g/mol. The quantitative estimate of drug-likeness (QED) is 0.725. The van der Waals surface area contributed by atoms with Crippen LogP contribution in [0.15, 0.2) is 0 Å². The smallest absolute Gasteiger partial charge is 0.0776 e. The molecule has 0 aliphatic rings. The van der Waals surface area contributed by atoms with Gasteiger partial charge < -0.3 is 9.47 Å². The van der Waals surface area contributed by atoms with Gasteiger partial charge in [-0.15, -0.1) is 0 Å². The Labute approximate surface area is 78.5 Å². The summed E-state index contributed by atoms with van der Waals surface area (Å²) in [5.74, 6) is 0. The SMILES string of the molecule is COCC(C)OC.[La]. The zero-order chi connectivity index (χ0) is 5.70. The molecule has 3 heteroatoms. The van der Waals surface area contributed by atoms with E-state index in [1.807, 2.05) is 6.92 Å². The molecule has 0 fully saturated rings. The maximum Gasteiger partial charge on any atom is 0.0776 e. The van der Waals surface area contributed by atoms with Crippen LogP contribution in [0.1, 0.15) is 6.92 Å². The molecule has 1 unspecified atom stereocenters. The molecule has 0 saturated carbocycles. The van der Waals surface area contributed by atoms with Crippen LogP contribution in [0, 0.1) is 35.6 Å². The summed E-state index contributed by atoms with van der Waals surface area (Å²) < 4.78 is 9.64. The molecule has 0 aromatic rings. The van der Waals surface area contributed by atoms with Crippen LogP contribution in [0.5, 0.6) is 0 Å². The van der Waals surface area contributed by atoms with Gasteiger partial charge in [0.2, 0.25) is 0 Å². The molecule has 0 N–H and O–H groups in total. The molecule has 1 radical (unpaired) electrons. The topological polar surface area (TPSA) is 18.5 Å². The zero-order valence-electron chi connectivity index (χ0n) is 5.68. The number of methoxy groups -OCH3 is 2. The second-order valence-corrected chi connectivity index (χ2v) is 1.50. The summed E-state index contributed by atoms with van der Waals surface area (Å²) in [6.45, 7) is 2.64. The Balaban J connectivity index is 0. The zero-order valence-corrected chi connectivity index (χ0v) is 9.30. The molecule has 2 nitrogen and oxygen atoms in total. The van der Waals surface area contributed by atoms with Gasteiger partial charge in [-0.3, -0.25) is 0 Å². The molecule has 8 heavy (non-hydrogen) atoms. The normalized spacial score (nSPS) is 12.4. The second kappa shape index (κ2) is 8.11. The van der Waals surface area contributed by atoms with Gasteiger partial charge in [-0.05, 0) is 6.92 Å². The Morgan fingerprint density at radius 1 is 1.38 bits per heavy atom. The van der Waals surface area contributed by atoms with Crippen molar-refractivity contribution in [2.75, 3.05) is 20.8 Å². The van der Waals surface area contributed by atoms with E-state index in [2.05, 4.69) is 0 Å². The van der Waals surface area contributed by atoms with Crippen molar-refractivity contribution in [2.24, 2.45) is 0 Å². The van der Waals surface area contributed by atoms with Crippen LogP contribution in [0.2, 0.25) is 0 Å². The Hall–Kier alpha value is 1.11. The van der Waals surface area contributed by atoms with Gasteiger partial charge in [0.25, 0.3) is 0 Å². The third kappa shape index (κ3) is 7.11. The molecule has 1 atom stereocenters. The van der Waals surface area contributed by atoms with Crippen LogP contribution in [0.3, 0.4) is 0 Å². The fraction of sp³-hybridized carbons (Fsp3) is 1.00. The Morgan fingerprint density at radius 3 is 2.00 bits per heavy atom. The van der Waals surface area contributed by atoms with Gasteiger partial charge in [-0.2, -0.15) is 0 Å². The summed E-state index contributed by atoms with van der Waals surface area (Å²) in [6.07, 6.45) is 0.227. The first-order chi connectivity index (χ1) is 3.31. The number of ether oxygens (including phenoxy) is 2. The number of hydrogen-bond donors (Lipinski definition) is 0. The third-order valence-electron chi connectivity index (χ3n) is 0.804. The first kappa shape index (κ1) is 11.9. The van der Waals surface area contributed by atoms with E-state index >= 15 is 0 Å². The molecule has 0 rings (SSSR count). The van der Waals surface area contributed by atoms with Crippen LogP contribution in [-0.2, 0) is 9.47 Å². The van der Waals surface area contributed by atoms with Gasteiger partial charge in [-0.1, -0.05) is 0 Å². The average Bonchev–Trinajstić information content (AvgIpc) is 1.68. The van der Waals surface area contributed by atoms with Crippen LogP contribution in [-0.4, -0.2) is 26.9 Å². The van der Waals surface area contributed by atoms with Crippen LogP contribution >= 0.6 is 0 Å². The van der Waals surface area contributed by atoms with Gasteiger partial charge in [0, 0.05) is 49.8 Å². The van der Waals surface area contributed by atoms with Crippen molar-refractivity contribution >= 4 is 0 Å². The molecule has 0 aliphatic carbocycles. The molecule has 0 amide bonds. The standard InChI is InChI=1S/C5H12O2.La/c1-5(7-3)4-6-2;/h5H,4H2,1-3H3;. The van der Waals surface area contributed by atoms with Gasteiger partial charge in [-0.25, -0.2) is 0 Å². The van der Waals surface area contributed by atoms with E-state index < -0.39 is 0 Å². The molecule has 0 bridgehead atoms. The fourth-order valence-electron chi connectivity index (χ4n) is 0.303. The van der Waals surface area contributed by atoms with E-state index in [4.69, 9.17) is 9.47 Å². The second-order valence-electron chi connectivity index (χ2n) is 1.50. The molecular formula is C5H12LaO2. The van der Waals surface area contributed by atoms with Gasteiger partial charge in [0.05, 0.1) is 12.7 Å². The fourth-order valence-corrected chi connectivity index (χ4v) is 0.303. The molecule has 0 spiro atoms. The minimum atomic E-state index is 0. The Morgan fingerprint density at radius 2 is 1.88 bits per heavy atom.